The molecule has 2 heterocycles. The maximum atomic E-state index is 11.6. The Balaban J connectivity index is 2.70. The molecule has 0 radical (unpaired) electrons. The van der Waals surface area contributed by atoms with E-state index >= 15 is 0 Å². The molecule has 7 heteroatoms. The second-order valence-electron chi connectivity index (χ2n) is 2.79. The van der Waals surface area contributed by atoms with E-state index in [4.69, 9.17) is 10.9 Å². The molecule has 74 valence electrons. The number of rotatable bonds is 2. The number of nitrogen functional groups attached to an aromatic ring is 1. The van der Waals surface area contributed by atoms with Crippen molar-refractivity contribution in [1.82, 2.24) is 19.2 Å². The third kappa shape index (κ3) is 1.14. The van der Waals surface area contributed by atoms with Crippen LogP contribution in [0.2, 0.25) is 0 Å². The van der Waals surface area contributed by atoms with Crippen molar-refractivity contribution < 1.29 is 5.11 Å². The molecule has 2 aromatic rings. The summed E-state index contributed by atoms with van der Waals surface area (Å²) in [6, 6.07) is 0. The standard InChI is InChI=1S/C7H9N5O2/c8-12-4-9-5-6(12)10-3-11(1-2-13)7(5)14/h3-4,13H,1-2,8H2. The Morgan fingerprint density at radius 1 is 1.43 bits per heavy atom. The third-order valence-corrected chi connectivity index (χ3v) is 1.89. The Kier molecular flexibility index (Phi) is 1.93. The van der Waals surface area contributed by atoms with Gasteiger partial charge in [0.1, 0.15) is 12.7 Å². The van der Waals surface area contributed by atoms with Gasteiger partial charge >= 0.3 is 0 Å². The molecule has 0 aliphatic carbocycles. The maximum Gasteiger partial charge on any atom is 0.281 e. The van der Waals surface area contributed by atoms with Crippen molar-refractivity contribution in [3.05, 3.63) is 23.0 Å². The molecule has 0 aromatic carbocycles. The minimum Gasteiger partial charge on any atom is -0.395 e. The van der Waals surface area contributed by atoms with Gasteiger partial charge in [-0.3, -0.25) is 9.36 Å². The van der Waals surface area contributed by atoms with Crippen molar-refractivity contribution in [3.63, 3.8) is 0 Å². The highest BCUT2D eigenvalue weighted by molar-refractivity contribution is 5.68. The van der Waals surface area contributed by atoms with Gasteiger partial charge < -0.3 is 10.9 Å². The lowest BCUT2D eigenvalue weighted by Gasteiger charge is -2.01. The monoisotopic (exact) mass is 195 g/mol. The largest absolute Gasteiger partial charge is 0.395 e. The van der Waals surface area contributed by atoms with Crippen LogP contribution in [-0.4, -0.2) is 30.9 Å². The van der Waals surface area contributed by atoms with Crippen LogP contribution in [-0.2, 0) is 6.54 Å². The van der Waals surface area contributed by atoms with Gasteiger partial charge in [0, 0.05) is 0 Å². The summed E-state index contributed by atoms with van der Waals surface area (Å²) in [7, 11) is 0. The molecule has 2 rings (SSSR count). The van der Waals surface area contributed by atoms with Gasteiger partial charge in [0.2, 0.25) is 0 Å². The predicted molar refractivity (Wildman–Crippen MR) is 49.0 cm³/mol. The van der Waals surface area contributed by atoms with E-state index in [1.54, 1.807) is 0 Å². The molecule has 0 saturated carbocycles. The summed E-state index contributed by atoms with van der Waals surface area (Å²) in [5, 5.41) is 8.68. The topological polar surface area (TPSA) is 99.0 Å². The van der Waals surface area contributed by atoms with Crippen molar-refractivity contribution in [1.29, 1.82) is 0 Å². The normalized spacial score (nSPS) is 10.9. The van der Waals surface area contributed by atoms with Gasteiger partial charge in [-0.05, 0) is 0 Å². The van der Waals surface area contributed by atoms with E-state index in [0.717, 1.165) is 0 Å². The van der Waals surface area contributed by atoms with Crippen molar-refractivity contribution in [2.75, 3.05) is 12.4 Å². The number of hydrogen-bond donors (Lipinski definition) is 2. The first kappa shape index (κ1) is 8.70. The average Bonchev–Trinajstić information content (AvgIpc) is 2.54. The SMILES string of the molecule is Nn1cnc2c(=O)n(CCO)cnc21. The van der Waals surface area contributed by atoms with Gasteiger partial charge in [-0.15, -0.1) is 0 Å². The Hall–Kier alpha value is -1.89. The van der Waals surface area contributed by atoms with Crippen molar-refractivity contribution in [2.24, 2.45) is 0 Å². The van der Waals surface area contributed by atoms with Crippen LogP contribution < -0.4 is 11.4 Å². The fourth-order valence-corrected chi connectivity index (χ4v) is 1.21. The Morgan fingerprint density at radius 2 is 2.21 bits per heavy atom. The summed E-state index contributed by atoms with van der Waals surface area (Å²) >= 11 is 0. The molecular weight excluding hydrogens is 186 g/mol. The summed E-state index contributed by atoms with van der Waals surface area (Å²) in [5.41, 5.74) is 0.251. The number of fused-ring (bicyclic) bond motifs is 1. The van der Waals surface area contributed by atoms with Gasteiger partial charge in [0.25, 0.3) is 5.56 Å². The summed E-state index contributed by atoms with van der Waals surface area (Å²) in [5.74, 6) is 5.46. The Morgan fingerprint density at radius 3 is 2.93 bits per heavy atom. The molecule has 0 amide bonds. The fraction of sp³-hybridized carbons (Fsp3) is 0.286. The zero-order valence-electron chi connectivity index (χ0n) is 7.29. The molecule has 0 spiro atoms. The molecule has 2 aromatic heterocycles. The van der Waals surface area contributed by atoms with Crippen LogP contribution in [0, 0.1) is 0 Å². The average molecular weight is 195 g/mol. The first-order valence-electron chi connectivity index (χ1n) is 4.02. The first-order valence-corrected chi connectivity index (χ1v) is 4.02. The fourth-order valence-electron chi connectivity index (χ4n) is 1.21. The van der Waals surface area contributed by atoms with Crippen molar-refractivity contribution in [2.45, 2.75) is 6.54 Å². The van der Waals surface area contributed by atoms with Crippen LogP contribution in [0.1, 0.15) is 0 Å². The smallest absolute Gasteiger partial charge is 0.281 e. The summed E-state index contributed by atoms with van der Waals surface area (Å²) in [6.07, 6.45) is 2.66. The van der Waals surface area contributed by atoms with Gasteiger partial charge in [-0.1, -0.05) is 0 Å². The number of nitrogens with two attached hydrogens (primary N) is 1. The molecule has 3 N–H and O–H groups in total. The van der Waals surface area contributed by atoms with Gasteiger partial charge in [0.15, 0.2) is 11.2 Å². The van der Waals surface area contributed by atoms with E-state index in [-0.39, 0.29) is 24.2 Å². The van der Waals surface area contributed by atoms with E-state index in [1.165, 1.54) is 21.9 Å². The maximum absolute atomic E-state index is 11.6. The van der Waals surface area contributed by atoms with Gasteiger partial charge in [-0.25, -0.2) is 14.6 Å². The minimum absolute atomic E-state index is 0.115. The highest BCUT2D eigenvalue weighted by Gasteiger charge is 2.07. The lowest BCUT2D eigenvalue weighted by atomic mass is 10.5. The van der Waals surface area contributed by atoms with Crippen molar-refractivity contribution in [3.8, 4) is 0 Å². The van der Waals surface area contributed by atoms with Crippen LogP contribution in [0.25, 0.3) is 11.2 Å². The number of imidazole rings is 1. The third-order valence-electron chi connectivity index (χ3n) is 1.89. The molecule has 0 aliphatic heterocycles. The number of aliphatic hydroxyl groups excluding tert-OH is 1. The zero-order chi connectivity index (χ0) is 10.1. The van der Waals surface area contributed by atoms with Crippen LogP contribution in [0.15, 0.2) is 17.4 Å². The molecule has 14 heavy (non-hydrogen) atoms. The van der Waals surface area contributed by atoms with Crippen LogP contribution in [0.5, 0.6) is 0 Å². The number of aromatic nitrogens is 4. The molecule has 0 atom stereocenters. The van der Waals surface area contributed by atoms with Crippen LogP contribution >= 0.6 is 0 Å². The first-order chi connectivity index (χ1) is 6.74. The van der Waals surface area contributed by atoms with Crippen LogP contribution in [0.3, 0.4) is 0 Å². The molecule has 7 nitrogen and oxygen atoms in total. The van der Waals surface area contributed by atoms with Gasteiger partial charge in [-0.2, -0.15) is 0 Å². The lowest BCUT2D eigenvalue weighted by Crippen LogP contribution is -2.23. The molecular formula is C7H9N5O2. The van der Waals surface area contributed by atoms with Gasteiger partial charge in [0.05, 0.1) is 13.2 Å². The highest BCUT2D eigenvalue weighted by Crippen LogP contribution is 1.99. The predicted octanol–water partition coefficient (Wildman–Crippen LogP) is -1.70. The quantitative estimate of drug-likeness (QED) is 0.556. The Bertz CT molecular complexity index is 514. The number of hydrogen-bond acceptors (Lipinski definition) is 5. The van der Waals surface area contributed by atoms with E-state index < -0.39 is 0 Å². The molecule has 0 fully saturated rings. The van der Waals surface area contributed by atoms with E-state index in [1.807, 2.05) is 0 Å². The number of aliphatic hydroxyl groups is 1. The van der Waals surface area contributed by atoms with Crippen LogP contribution in [0.4, 0.5) is 0 Å². The van der Waals surface area contributed by atoms with E-state index in [0.29, 0.717) is 5.65 Å². The lowest BCUT2D eigenvalue weighted by molar-refractivity contribution is 0.274. The molecule has 0 bridgehead atoms. The second kappa shape index (κ2) is 3.11. The molecule has 0 saturated heterocycles. The van der Waals surface area contributed by atoms with E-state index in [2.05, 4.69) is 9.97 Å². The summed E-state index contributed by atoms with van der Waals surface area (Å²) in [4.78, 5) is 19.4. The molecule has 0 aliphatic rings. The van der Waals surface area contributed by atoms with E-state index in [9.17, 15) is 4.79 Å². The highest BCUT2D eigenvalue weighted by atomic mass is 16.3. The minimum atomic E-state index is -0.298. The Labute approximate surface area is 78.4 Å². The zero-order valence-corrected chi connectivity index (χ0v) is 7.29. The second-order valence-corrected chi connectivity index (χ2v) is 2.79. The summed E-state index contributed by atoms with van der Waals surface area (Å²) in [6.45, 7) is 0.0929. The number of nitrogens with zero attached hydrogens (tertiary/aromatic N) is 4. The molecule has 0 unspecified atom stereocenters. The summed E-state index contributed by atoms with van der Waals surface area (Å²) < 4.78 is 2.47. The van der Waals surface area contributed by atoms with Crippen molar-refractivity contribution >= 4 is 11.2 Å².